The highest BCUT2D eigenvalue weighted by molar-refractivity contribution is 5.06. The Morgan fingerprint density at radius 3 is 2.52 bits per heavy atom. The van der Waals surface area contributed by atoms with Crippen molar-refractivity contribution in [1.29, 1.82) is 5.26 Å². The molecule has 0 radical (unpaired) electrons. The van der Waals surface area contributed by atoms with Crippen LogP contribution in [0.4, 0.5) is 0 Å². The summed E-state index contributed by atoms with van der Waals surface area (Å²) in [5.74, 6) is 3.60. The van der Waals surface area contributed by atoms with Crippen LogP contribution in [0.2, 0.25) is 0 Å². The maximum atomic E-state index is 9.91. The fourth-order valence-electron chi connectivity index (χ4n) is 6.42. The van der Waals surface area contributed by atoms with Crippen LogP contribution in [0.3, 0.4) is 0 Å². The molecule has 3 saturated carbocycles. The summed E-state index contributed by atoms with van der Waals surface area (Å²) >= 11 is 0. The molecule has 0 aromatic heterocycles. The molecule has 3 rings (SSSR count). The Kier molecular flexibility index (Phi) is 6.84. The van der Waals surface area contributed by atoms with Gasteiger partial charge in [-0.3, -0.25) is 0 Å². The second kappa shape index (κ2) is 8.90. The zero-order valence-corrected chi connectivity index (χ0v) is 16.6. The van der Waals surface area contributed by atoms with E-state index in [1.54, 1.807) is 0 Å². The fraction of sp³-hybridized carbons (Fsp3) is 0.957. The Bertz CT molecular complexity index is 455. The molecule has 0 bridgehead atoms. The van der Waals surface area contributed by atoms with E-state index in [1.165, 1.54) is 70.6 Å². The molecule has 0 saturated heterocycles. The number of fused-ring (bicyclic) bond motifs is 3. The van der Waals surface area contributed by atoms with Gasteiger partial charge in [0.15, 0.2) is 0 Å². The molecule has 2 heteroatoms. The highest BCUT2D eigenvalue weighted by atomic mass is 16.5. The quantitative estimate of drug-likeness (QED) is 0.493. The Morgan fingerprint density at radius 1 is 0.960 bits per heavy atom. The normalized spacial score (nSPS) is 40.8. The second-order valence-corrected chi connectivity index (χ2v) is 9.32. The molecule has 0 heterocycles. The zero-order valence-electron chi connectivity index (χ0n) is 16.6. The minimum absolute atomic E-state index is 0.0185. The van der Waals surface area contributed by atoms with E-state index in [0.29, 0.717) is 6.10 Å². The van der Waals surface area contributed by atoms with Crippen molar-refractivity contribution >= 4 is 0 Å². The lowest BCUT2D eigenvalue weighted by Crippen LogP contribution is -2.45. The molecule has 4 unspecified atom stereocenters. The lowest BCUT2D eigenvalue weighted by atomic mass is 9.53. The average Bonchev–Trinajstić information content (AvgIpc) is 2.66. The zero-order chi connectivity index (χ0) is 17.7. The summed E-state index contributed by atoms with van der Waals surface area (Å²) in [7, 11) is 0. The van der Waals surface area contributed by atoms with Gasteiger partial charge in [-0.05, 0) is 87.9 Å². The van der Waals surface area contributed by atoms with Gasteiger partial charge in [-0.2, -0.15) is 5.26 Å². The van der Waals surface area contributed by atoms with Crippen molar-refractivity contribution < 1.29 is 4.74 Å². The van der Waals surface area contributed by atoms with Crippen molar-refractivity contribution in [3.05, 3.63) is 0 Å². The second-order valence-electron chi connectivity index (χ2n) is 9.32. The summed E-state index contributed by atoms with van der Waals surface area (Å²) in [6, 6.07) is 2.79. The molecule has 6 atom stereocenters. The first kappa shape index (κ1) is 19.2. The molecule has 25 heavy (non-hydrogen) atoms. The number of nitriles is 1. The SMILES string of the molecule is CCCCC[C@]1(C#N)CCC2C(CCC3C[C@H](OCCC)CCC32)C1. The highest BCUT2D eigenvalue weighted by Crippen LogP contribution is 2.56. The van der Waals surface area contributed by atoms with Gasteiger partial charge in [0.25, 0.3) is 0 Å². The summed E-state index contributed by atoms with van der Waals surface area (Å²) in [4.78, 5) is 0. The minimum atomic E-state index is 0.0185. The van der Waals surface area contributed by atoms with E-state index in [1.807, 2.05) is 0 Å². The first-order valence-corrected chi connectivity index (χ1v) is 11.2. The van der Waals surface area contributed by atoms with Crippen LogP contribution in [0.1, 0.15) is 97.3 Å². The van der Waals surface area contributed by atoms with Gasteiger partial charge in [-0.1, -0.05) is 33.1 Å². The van der Waals surface area contributed by atoms with Crippen LogP contribution in [0.5, 0.6) is 0 Å². The molecule has 3 aliphatic rings. The molecule has 3 aliphatic carbocycles. The molecular weight excluding hydrogens is 306 g/mol. The molecule has 0 N–H and O–H groups in total. The molecule has 142 valence electrons. The van der Waals surface area contributed by atoms with Gasteiger partial charge in [0.1, 0.15) is 0 Å². The van der Waals surface area contributed by atoms with Gasteiger partial charge in [0.05, 0.1) is 17.6 Å². The highest BCUT2D eigenvalue weighted by Gasteiger charge is 2.48. The predicted octanol–water partition coefficient (Wildman–Crippen LogP) is 6.50. The third-order valence-electron chi connectivity index (χ3n) is 7.72. The number of hydrogen-bond donors (Lipinski definition) is 0. The van der Waals surface area contributed by atoms with Gasteiger partial charge in [-0.25, -0.2) is 0 Å². The van der Waals surface area contributed by atoms with Crippen LogP contribution in [0, 0.1) is 40.4 Å². The van der Waals surface area contributed by atoms with Crippen molar-refractivity contribution in [2.24, 2.45) is 29.1 Å². The van der Waals surface area contributed by atoms with Crippen molar-refractivity contribution in [3.8, 4) is 6.07 Å². The Morgan fingerprint density at radius 2 is 1.76 bits per heavy atom. The number of unbranched alkanes of at least 4 members (excludes halogenated alkanes) is 2. The number of rotatable bonds is 7. The van der Waals surface area contributed by atoms with Crippen molar-refractivity contribution in [1.82, 2.24) is 0 Å². The summed E-state index contributed by atoms with van der Waals surface area (Å²) in [6.45, 7) is 5.41. The van der Waals surface area contributed by atoms with E-state index in [2.05, 4.69) is 19.9 Å². The first-order chi connectivity index (χ1) is 12.2. The first-order valence-electron chi connectivity index (χ1n) is 11.2. The molecule has 0 spiro atoms. The van der Waals surface area contributed by atoms with Crippen molar-refractivity contribution in [2.75, 3.05) is 6.61 Å². The average molecular weight is 346 g/mol. The fourth-order valence-corrected chi connectivity index (χ4v) is 6.42. The van der Waals surface area contributed by atoms with Gasteiger partial charge in [-0.15, -0.1) is 0 Å². The lowest BCUT2D eigenvalue weighted by Gasteiger charge is -2.52. The van der Waals surface area contributed by atoms with Crippen molar-refractivity contribution in [3.63, 3.8) is 0 Å². The number of hydrogen-bond acceptors (Lipinski definition) is 2. The van der Waals surface area contributed by atoms with Crippen LogP contribution in [-0.2, 0) is 4.74 Å². The summed E-state index contributed by atoms with van der Waals surface area (Å²) in [5, 5.41) is 9.91. The Labute approximate surface area is 155 Å². The van der Waals surface area contributed by atoms with Gasteiger partial charge < -0.3 is 4.74 Å². The smallest absolute Gasteiger partial charge is 0.0689 e. The standard InChI is InChI=1S/C23H39NO/c1-3-5-6-12-23(17-24)13-11-22-19(16-23)8-7-18-15-20(25-14-4-2)9-10-21(18)22/h18-22H,3-16H2,1-2H3/t18?,19?,20-,21?,22?,23+/m1/s1. The topological polar surface area (TPSA) is 33.0 Å². The monoisotopic (exact) mass is 345 g/mol. The number of ether oxygens (including phenoxy) is 1. The van der Waals surface area contributed by atoms with Crippen LogP contribution < -0.4 is 0 Å². The van der Waals surface area contributed by atoms with Gasteiger partial charge >= 0.3 is 0 Å². The largest absolute Gasteiger partial charge is 0.378 e. The lowest BCUT2D eigenvalue weighted by molar-refractivity contribution is -0.0588. The van der Waals surface area contributed by atoms with Gasteiger partial charge in [0, 0.05) is 6.61 Å². The molecular formula is C23H39NO. The van der Waals surface area contributed by atoms with E-state index in [0.717, 1.165) is 43.1 Å². The van der Waals surface area contributed by atoms with Crippen molar-refractivity contribution in [2.45, 2.75) is 103 Å². The van der Waals surface area contributed by atoms with E-state index >= 15 is 0 Å². The van der Waals surface area contributed by atoms with Gasteiger partial charge in [0.2, 0.25) is 0 Å². The summed E-state index contributed by atoms with van der Waals surface area (Å²) < 4.78 is 6.08. The van der Waals surface area contributed by atoms with E-state index in [-0.39, 0.29) is 5.41 Å². The molecule has 3 fully saturated rings. The molecule has 0 aliphatic heterocycles. The third kappa shape index (κ3) is 4.41. The maximum absolute atomic E-state index is 9.91. The maximum Gasteiger partial charge on any atom is 0.0689 e. The van der Waals surface area contributed by atoms with E-state index in [4.69, 9.17) is 4.74 Å². The molecule has 0 amide bonds. The predicted molar refractivity (Wildman–Crippen MR) is 103 cm³/mol. The Balaban J connectivity index is 1.57. The molecule has 0 aromatic rings. The van der Waals surface area contributed by atoms with Crippen LogP contribution >= 0.6 is 0 Å². The van der Waals surface area contributed by atoms with Crippen LogP contribution in [0.25, 0.3) is 0 Å². The third-order valence-corrected chi connectivity index (χ3v) is 7.72. The minimum Gasteiger partial charge on any atom is -0.378 e. The van der Waals surface area contributed by atoms with Crippen LogP contribution in [-0.4, -0.2) is 12.7 Å². The number of nitrogens with zero attached hydrogens (tertiary/aromatic N) is 1. The Hall–Kier alpha value is -0.550. The molecule has 0 aromatic carbocycles. The van der Waals surface area contributed by atoms with E-state index in [9.17, 15) is 5.26 Å². The summed E-state index contributed by atoms with van der Waals surface area (Å²) in [5.41, 5.74) is 0.0185. The van der Waals surface area contributed by atoms with Crippen LogP contribution in [0.15, 0.2) is 0 Å². The molecule has 2 nitrogen and oxygen atoms in total. The van der Waals surface area contributed by atoms with E-state index < -0.39 is 0 Å². The summed E-state index contributed by atoms with van der Waals surface area (Å²) in [6.07, 6.45) is 17.1.